The Labute approximate surface area is 219 Å². The number of ether oxygens (including phenoxy) is 2. The molecule has 0 radical (unpaired) electrons. The lowest BCUT2D eigenvalue weighted by molar-refractivity contribution is -0.209. The summed E-state index contributed by atoms with van der Waals surface area (Å²) < 4.78 is 11.9. The minimum Gasteiger partial charge on any atom is -0.462 e. The van der Waals surface area contributed by atoms with Gasteiger partial charge < -0.3 is 9.47 Å². The molecule has 4 nitrogen and oxygen atoms in total. The Morgan fingerprint density at radius 2 is 1.67 bits per heavy atom. The van der Waals surface area contributed by atoms with Gasteiger partial charge in [-0.1, -0.05) is 65.3 Å². The topological polar surface area (TPSA) is 52.6 Å². The molecule has 0 aromatic rings. The Morgan fingerprint density at radius 1 is 0.944 bits per heavy atom. The van der Waals surface area contributed by atoms with Crippen LogP contribution in [0.4, 0.5) is 0 Å². The van der Waals surface area contributed by atoms with E-state index < -0.39 is 5.60 Å². The van der Waals surface area contributed by atoms with Gasteiger partial charge in [0.25, 0.3) is 0 Å². The fourth-order valence-corrected chi connectivity index (χ4v) is 8.87. The Balaban J connectivity index is 1.61. The van der Waals surface area contributed by atoms with Crippen molar-refractivity contribution in [1.29, 1.82) is 0 Å². The molecule has 9 atom stereocenters. The lowest BCUT2D eigenvalue weighted by Crippen LogP contribution is -2.61. The third-order valence-electron chi connectivity index (χ3n) is 11.3. The number of carbonyl (C=O) groups is 2. The minimum absolute atomic E-state index is 0.114. The van der Waals surface area contributed by atoms with Crippen LogP contribution in [0.1, 0.15) is 107 Å². The summed E-state index contributed by atoms with van der Waals surface area (Å²) >= 11 is 0. The van der Waals surface area contributed by atoms with Gasteiger partial charge >= 0.3 is 11.9 Å². The van der Waals surface area contributed by atoms with Crippen molar-refractivity contribution in [2.75, 3.05) is 0 Å². The average molecular weight is 499 g/mol. The fraction of sp³-hybridized carbons (Fsp3) is 0.812. The molecule has 0 bridgehead atoms. The lowest BCUT2D eigenvalue weighted by Gasteiger charge is -2.62. The van der Waals surface area contributed by atoms with Crippen LogP contribution in [0.3, 0.4) is 0 Å². The summed E-state index contributed by atoms with van der Waals surface area (Å²) in [5.41, 5.74) is 1.28. The summed E-state index contributed by atoms with van der Waals surface area (Å²) in [5, 5.41) is 0. The van der Waals surface area contributed by atoms with Gasteiger partial charge in [-0.05, 0) is 79.4 Å². The van der Waals surface area contributed by atoms with E-state index in [0.29, 0.717) is 47.3 Å². The third-order valence-corrected chi connectivity index (χ3v) is 11.3. The second-order valence-corrected chi connectivity index (χ2v) is 13.6. The summed E-state index contributed by atoms with van der Waals surface area (Å²) in [4.78, 5) is 24.1. The zero-order valence-electron chi connectivity index (χ0n) is 24.1. The quantitative estimate of drug-likeness (QED) is 0.278. The van der Waals surface area contributed by atoms with E-state index in [1.54, 1.807) is 5.57 Å². The minimum atomic E-state index is -0.583. The second-order valence-electron chi connectivity index (χ2n) is 13.6. The first-order chi connectivity index (χ1) is 16.8. The van der Waals surface area contributed by atoms with E-state index in [-0.39, 0.29) is 23.5 Å². The predicted octanol–water partition coefficient (Wildman–Crippen LogP) is 7.67. The zero-order chi connectivity index (χ0) is 26.5. The van der Waals surface area contributed by atoms with Crippen molar-refractivity contribution in [3.05, 3.63) is 23.8 Å². The Morgan fingerprint density at radius 3 is 2.31 bits per heavy atom. The predicted molar refractivity (Wildman–Crippen MR) is 144 cm³/mol. The molecule has 4 rings (SSSR count). The van der Waals surface area contributed by atoms with Gasteiger partial charge in [-0.3, -0.25) is 9.59 Å². The molecule has 3 fully saturated rings. The third kappa shape index (κ3) is 4.60. The van der Waals surface area contributed by atoms with Crippen LogP contribution in [0.15, 0.2) is 23.8 Å². The van der Waals surface area contributed by atoms with E-state index in [4.69, 9.17) is 9.47 Å². The number of esters is 2. The molecular formula is C32H50O4. The highest BCUT2D eigenvalue weighted by Crippen LogP contribution is 2.68. The van der Waals surface area contributed by atoms with Crippen molar-refractivity contribution in [2.24, 2.45) is 46.3 Å². The maximum Gasteiger partial charge on any atom is 0.303 e. The van der Waals surface area contributed by atoms with Crippen LogP contribution in [-0.2, 0) is 19.1 Å². The van der Waals surface area contributed by atoms with Gasteiger partial charge in [-0.15, -0.1) is 0 Å². The molecule has 202 valence electrons. The number of rotatable bonds is 6. The highest BCUT2D eigenvalue weighted by molar-refractivity contribution is 5.67. The largest absolute Gasteiger partial charge is 0.462 e. The summed E-state index contributed by atoms with van der Waals surface area (Å²) in [6, 6.07) is 0. The van der Waals surface area contributed by atoms with Gasteiger partial charge in [0.1, 0.15) is 11.7 Å². The number of allylic oxidation sites excluding steroid dienone is 3. The summed E-state index contributed by atoms with van der Waals surface area (Å²) in [5.74, 6) is 3.20. The first-order valence-electron chi connectivity index (χ1n) is 14.6. The van der Waals surface area contributed by atoms with E-state index in [0.717, 1.165) is 25.7 Å². The van der Waals surface area contributed by atoms with Crippen molar-refractivity contribution < 1.29 is 19.1 Å². The normalized spacial score (nSPS) is 41.6. The van der Waals surface area contributed by atoms with Crippen LogP contribution in [0.2, 0.25) is 0 Å². The highest BCUT2D eigenvalue weighted by atomic mass is 16.6. The number of fused-ring (bicyclic) bond motifs is 5. The van der Waals surface area contributed by atoms with E-state index in [2.05, 4.69) is 59.8 Å². The van der Waals surface area contributed by atoms with Gasteiger partial charge in [-0.25, -0.2) is 0 Å². The monoisotopic (exact) mass is 498 g/mol. The van der Waals surface area contributed by atoms with Gasteiger partial charge in [0.15, 0.2) is 0 Å². The fourth-order valence-electron chi connectivity index (χ4n) is 8.87. The van der Waals surface area contributed by atoms with E-state index >= 15 is 0 Å². The number of hydrogen-bond donors (Lipinski definition) is 0. The molecule has 4 aliphatic carbocycles. The molecule has 0 unspecified atom stereocenters. The van der Waals surface area contributed by atoms with Crippen molar-refractivity contribution in [2.45, 2.75) is 118 Å². The summed E-state index contributed by atoms with van der Waals surface area (Å²) in [7, 11) is 0. The van der Waals surface area contributed by atoms with Gasteiger partial charge in [0.2, 0.25) is 0 Å². The van der Waals surface area contributed by atoms with Crippen LogP contribution in [0, 0.1) is 46.3 Å². The summed E-state index contributed by atoms with van der Waals surface area (Å²) in [6.45, 7) is 17.3. The van der Waals surface area contributed by atoms with Crippen LogP contribution in [-0.4, -0.2) is 23.6 Å². The van der Waals surface area contributed by atoms with E-state index in [1.807, 2.05) is 0 Å². The Bertz CT molecular complexity index is 917. The van der Waals surface area contributed by atoms with Gasteiger partial charge in [0.05, 0.1) is 0 Å². The smallest absolute Gasteiger partial charge is 0.303 e. The molecule has 0 saturated heterocycles. The van der Waals surface area contributed by atoms with Gasteiger partial charge in [0, 0.05) is 32.1 Å². The van der Waals surface area contributed by atoms with E-state index in [1.165, 1.54) is 33.1 Å². The average Bonchev–Trinajstić information content (AvgIpc) is 3.14. The summed E-state index contributed by atoms with van der Waals surface area (Å²) in [6.07, 6.45) is 15.3. The number of carbonyl (C=O) groups excluding carboxylic acids is 2. The molecule has 0 aliphatic heterocycles. The number of hydrogen-bond acceptors (Lipinski definition) is 4. The highest BCUT2D eigenvalue weighted by Gasteiger charge is 2.64. The maximum absolute atomic E-state index is 12.3. The lowest BCUT2D eigenvalue weighted by atomic mass is 9.46. The molecule has 0 heterocycles. The molecule has 0 aromatic carbocycles. The van der Waals surface area contributed by atoms with Crippen LogP contribution >= 0.6 is 0 Å². The molecule has 36 heavy (non-hydrogen) atoms. The standard InChI is InChI=1S/C32H50O4/c1-20(2)21(3)9-10-22(4)27-11-12-28-26-14-18-32(36-24(6)34)19-25(35-23(5)33)13-17-31(32,8)29(26)15-16-30(27,28)7/h9-10,14,20-22,25,27-29H,11-13,15-19H2,1-8H3/b10-9+/t21-,22+,25+,27-,28+,29+,30-,31+,32+/m0/s1. The molecule has 0 spiro atoms. The van der Waals surface area contributed by atoms with E-state index in [9.17, 15) is 9.59 Å². The first-order valence-corrected chi connectivity index (χ1v) is 14.6. The van der Waals surface area contributed by atoms with Crippen molar-refractivity contribution in [3.8, 4) is 0 Å². The van der Waals surface area contributed by atoms with Crippen molar-refractivity contribution in [1.82, 2.24) is 0 Å². The first kappa shape index (κ1) is 27.5. The Kier molecular flexibility index (Phi) is 7.59. The molecule has 3 saturated carbocycles. The molecule has 4 aliphatic rings. The second kappa shape index (κ2) is 9.95. The molecule has 0 aromatic heterocycles. The zero-order valence-corrected chi connectivity index (χ0v) is 24.1. The maximum atomic E-state index is 12.3. The van der Waals surface area contributed by atoms with Crippen molar-refractivity contribution in [3.63, 3.8) is 0 Å². The molecule has 4 heteroatoms. The Hall–Kier alpha value is -1.58. The molecule has 0 N–H and O–H groups in total. The van der Waals surface area contributed by atoms with Gasteiger partial charge in [-0.2, -0.15) is 0 Å². The SMILES string of the molecule is CC(=O)O[C@@H]1CC[C@]2(C)[C@@H]3CC[C@]4(C)[C@H](CC[C@H]4[C@H](C)/C=C/[C@H](C)C(C)C)C3=CC[C@@]2(OC(C)=O)C1. The van der Waals surface area contributed by atoms with Crippen LogP contribution < -0.4 is 0 Å². The van der Waals surface area contributed by atoms with Crippen LogP contribution in [0.5, 0.6) is 0 Å². The van der Waals surface area contributed by atoms with Crippen molar-refractivity contribution >= 4 is 11.9 Å². The molecule has 0 amide bonds. The van der Waals surface area contributed by atoms with Crippen LogP contribution in [0.25, 0.3) is 0 Å². The molecular weight excluding hydrogens is 448 g/mol.